The minimum absolute atomic E-state index is 0.141. The molecule has 0 spiro atoms. The monoisotopic (exact) mass is 382 g/mol. The average Bonchev–Trinajstić information content (AvgIpc) is 3.54. The van der Waals surface area contributed by atoms with E-state index >= 15 is 0 Å². The zero-order valence-electron chi connectivity index (χ0n) is 15.5. The fourth-order valence-corrected chi connectivity index (χ4v) is 2.66. The van der Waals surface area contributed by atoms with Crippen molar-refractivity contribution in [2.75, 3.05) is 13.7 Å². The molecule has 0 aromatic heterocycles. The molecule has 1 fully saturated rings. The van der Waals surface area contributed by atoms with Gasteiger partial charge in [-0.3, -0.25) is 14.4 Å². The van der Waals surface area contributed by atoms with Gasteiger partial charge < -0.3 is 20.1 Å². The molecule has 7 nitrogen and oxygen atoms in total. The van der Waals surface area contributed by atoms with Gasteiger partial charge in [-0.1, -0.05) is 42.5 Å². The largest absolute Gasteiger partial charge is 0.496 e. The van der Waals surface area contributed by atoms with Crippen LogP contribution in [0.5, 0.6) is 5.75 Å². The smallest absolute Gasteiger partial charge is 0.326 e. The Kier molecular flexibility index (Phi) is 6.26. The Labute approximate surface area is 163 Å². The lowest BCUT2D eigenvalue weighted by atomic mass is 10.1. The summed E-state index contributed by atoms with van der Waals surface area (Å²) < 4.78 is 10.5. The molecule has 0 radical (unpaired) electrons. The Hall–Kier alpha value is -3.35. The first-order valence-electron chi connectivity index (χ1n) is 9.04. The normalized spacial score (nSPS) is 13.9. The summed E-state index contributed by atoms with van der Waals surface area (Å²) in [4.78, 5) is 37.0. The molecule has 1 unspecified atom stereocenters. The van der Waals surface area contributed by atoms with E-state index in [2.05, 4.69) is 10.6 Å². The van der Waals surface area contributed by atoms with Crippen LogP contribution in [-0.4, -0.2) is 37.5 Å². The quantitative estimate of drug-likeness (QED) is 0.681. The maximum absolute atomic E-state index is 12.5. The highest BCUT2D eigenvalue weighted by Gasteiger charge is 2.30. The van der Waals surface area contributed by atoms with E-state index in [0.29, 0.717) is 16.9 Å². The van der Waals surface area contributed by atoms with Crippen molar-refractivity contribution in [1.29, 1.82) is 0 Å². The summed E-state index contributed by atoms with van der Waals surface area (Å²) in [5.74, 6) is -1.13. The lowest BCUT2D eigenvalue weighted by Crippen LogP contribution is -2.36. The molecule has 1 saturated carbocycles. The van der Waals surface area contributed by atoms with Crippen molar-refractivity contribution in [1.82, 2.24) is 10.6 Å². The maximum Gasteiger partial charge on any atom is 0.326 e. The third-order valence-electron chi connectivity index (χ3n) is 4.26. The predicted octanol–water partition coefficient (Wildman–Crippen LogP) is 1.99. The standard InChI is InChI=1S/C21H22N2O5/c1-27-17-10-6-5-9-16(17)20(25)22-13-18(24)28-19(14-7-3-2-4-8-14)21(26)23-15-11-12-15/h2-10,15,19H,11-13H2,1H3,(H,22,25)(H,23,26). The van der Waals surface area contributed by atoms with Crippen molar-refractivity contribution in [3.63, 3.8) is 0 Å². The van der Waals surface area contributed by atoms with Gasteiger partial charge in [0.1, 0.15) is 12.3 Å². The van der Waals surface area contributed by atoms with Gasteiger partial charge in [0.25, 0.3) is 11.8 Å². The van der Waals surface area contributed by atoms with Crippen molar-refractivity contribution in [2.24, 2.45) is 0 Å². The minimum atomic E-state index is -1.06. The number of hydrogen-bond donors (Lipinski definition) is 2. The van der Waals surface area contributed by atoms with Crippen LogP contribution < -0.4 is 15.4 Å². The SMILES string of the molecule is COc1ccccc1C(=O)NCC(=O)OC(C(=O)NC1CC1)c1ccccc1. The minimum Gasteiger partial charge on any atom is -0.496 e. The van der Waals surface area contributed by atoms with Gasteiger partial charge in [0.15, 0.2) is 0 Å². The van der Waals surface area contributed by atoms with Crippen LogP contribution in [0.25, 0.3) is 0 Å². The van der Waals surface area contributed by atoms with E-state index in [1.54, 1.807) is 48.5 Å². The number of esters is 1. The van der Waals surface area contributed by atoms with E-state index in [9.17, 15) is 14.4 Å². The van der Waals surface area contributed by atoms with Gasteiger partial charge in [-0.15, -0.1) is 0 Å². The van der Waals surface area contributed by atoms with Crippen molar-refractivity contribution in [2.45, 2.75) is 25.0 Å². The first-order chi connectivity index (χ1) is 13.6. The fourth-order valence-electron chi connectivity index (χ4n) is 2.66. The first-order valence-corrected chi connectivity index (χ1v) is 9.04. The van der Waals surface area contributed by atoms with E-state index in [0.717, 1.165) is 12.8 Å². The van der Waals surface area contributed by atoms with Gasteiger partial charge in [-0.05, 0) is 25.0 Å². The number of carbonyl (C=O) groups is 3. The summed E-state index contributed by atoms with van der Waals surface area (Å²) in [7, 11) is 1.46. The maximum atomic E-state index is 12.5. The van der Waals surface area contributed by atoms with Gasteiger partial charge in [0.2, 0.25) is 6.10 Å². The van der Waals surface area contributed by atoms with E-state index in [1.165, 1.54) is 7.11 Å². The molecule has 3 rings (SSSR count). The molecule has 2 N–H and O–H groups in total. The topological polar surface area (TPSA) is 93.7 Å². The lowest BCUT2D eigenvalue weighted by molar-refractivity contribution is -0.155. The second kappa shape index (κ2) is 9.03. The van der Waals surface area contributed by atoms with Crippen molar-refractivity contribution < 1.29 is 23.9 Å². The molecular formula is C21H22N2O5. The van der Waals surface area contributed by atoms with Crippen LogP contribution in [-0.2, 0) is 14.3 Å². The Morgan fingerprint density at radius 3 is 2.39 bits per heavy atom. The highest BCUT2D eigenvalue weighted by Crippen LogP contribution is 2.23. The number of nitrogens with one attached hydrogen (secondary N) is 2. The zero-order valence-corrected chi connectivity index (χ0v) is 15.5. The van der Waals surface area contributed by atoms with Gasteiger partial charge in [-0.2, -0.15) is 0 Å². The molecule has 2 amide bonds. The molecule has 0 heterocycles. The Morgan fingerprint density at radius 2 is 1.71 bits per heavy atom. The number of hydrogen-bond acceptors (Lipinski definition) is 5. The highest BCUT2D eigenvalue weighted by atomic mass is 16.5. The number of benzene rings is 2. The van der Waals surface area contributed by atoms with Crippen molar-refractivity contribution in [3.05, 3.63) is 65.7 Å². The number of amides is 2. The molecule has 146 valence electrons. The van der Waals surface area contributed by atoms with Crippen LogP contribution in [0.1, 0.15) is 34.9 Å². The van der Waals surface area contributed by atoms with E-state index in [-0.39, 0.29) is 18.5 Å². The van der Waals surface area contributed by atoms with Gasteiger partial charge in [0.05, 0.1) is 12.7 Å². The molecule has 1 aliphatic rings. The molecule has 2 aromatic carbocycles. The predicted molar refractivity (Wildman–Crippen MR) is 102 cm³/mol. The second-order valence-electron chi connectivity index (χ2n) is 6.45. The number of rotatable bonds is 8. The molecule has 1 atom stereocenters. The number of methoxy groups -OCH3 is 1. The fraction of sp³-hybridized carbons (Fsp3) is 0.286. The number of ether oxygens (including phenoxy) is 2. The molecule has 0 bridgehead atoms. The number of para-hydroxylation sites is 1. The van der Waals surface area contributed by atoms with Crippen molar-refractivity contribution >= 4 is 17.8 Å². The van der Waals surface area contributed by atoms with E-state index < -0.39 is 18.0 Å². The molecule has 0 saturated heterocycles. The zero-order chi connectivity index (χ0) is 19.9. The van der Waals surface area contributed by atoms with Crippen LogP contribution in [0.4, 0.5) is 0 Å². The molecule has 28 heavy (non-hydrogen) atoms. The molecule has 7 heteroatoms. The van der Waals surface area contributed by atoms with Crippen LogP contribution >= 0.6 is 0 Å². The lowest BCUT2D eigenvalue weighted by Gasteiger charge is -2.18. The summed E-state index contributed by atoms with van der Waals surface area (Å²) in [5, 5.41) is 5.34. The Morgan fingerprint density at radius 1 is 1.04 bits per heavy atom. The van der Waals surface area contributed by atoms with Crippen LogP contribution in [0.15, 0.2) is 54.6 Å². The Bertz CT molecular complexity index is 849. The summed E-state index contributed by atoms with van der Waals surface area (Å²) in [6.45, 7) is -0.364. The first kappa shape index (κ1) is 19.4. The average molecular weight is 382 g/mol. The van der Waals surface area contributed by atoms with Gasteiger partial charge in [0, 0.05) is 11.6 Å². The second-order valence-corrected chi connectivity index (χ2v) is 6.45. The highest BCUT2D eigenvalue weighted by molar-refractivity contribution is 5.98. The third kappa shape index (κ3) is 5.09. The summed E-state index contributed by atoms with van der Waals surface area (Å²) in [5.41, 5.74) is 0.883. The molecule has 0 aliphatic heterocycles. The molecular weight excluding hydrogens is 360 g/mol. The molecule has 1 aliphatic carbocycles. The third-order valence-corrected chi connectivity index (χ3v) is 4.26. The number of carbonyl (C=O) groups excluding carboxylic acids is 3. The summed E-state index contributed by atoms with van der Waals surface area (Å²) in [6, 6.07) is 15.6. The summed E-state index contributed by atoms with van der Waals surface area (Å²) >= 11 is 0. The van der Waals surface area contributed by atoms with Crippen LogP contribution in [0.3, 0.4) is 0 Å². The van der Waals surface area contributed by atoms with E-state index in [4.69, 9.17) is 9.47 Å². The van der Waals surface area contributed by atoms with Gasteiger partial charge in [-0.25, -0.2) is 0 Å². The van der Waals surface area contributed by atoms with E-state index in [1.807, 2.05) is 6.07 Å². The summed E-state index contributed by atoms with van der Waals surface area (Å²) in [6.07, 6.45) is 0.796. The van der Waals surface area contributed by atoms with Crippen molar-refractivity contribution in [3.8, 4) is 5.75 Å². The van der Waals surface area contributed by atoms with Crippen LogP contribution in [0, 0.1) is 0 Å². The van der Waals surface area contributed by atoms with Crippen LogP contribution in [0.2, 0.25) is 0 Å². The Balaban J connectivity index is 1.61. The van der Waals surface area contributed by atoms with Gasteiger partial charge >= 0.3 is 5.97 Å². The molecule has 2 aromatic rings.